The summed E-state index contributed by atoms with van der Waals surface area (Å²) in [4.78, 5) is 15.8. The second-order valence-corrected chi connectivity index (χ2v) is 7.44. The molecule has 0 radical (unpaired) electrons. The summed E-state index contributed by atoms with van der Waals surface area (Å²) in [6.45, 7) is 8.15. The van der Waals surface area contributed by atoms with Gasteiger partial charge in [-0.15, -0.1) is 11.3 Å². The number of halogens is 1. The molecule has 2 aromatic rings. The van der Waals surface area contributed by atoms with E-state index in [9.17, 15) is 4.79 Å². The molecule has 0 aliphatic rings. The van der Waals surface area contributed by atoms with Crippen molar-refractivity contribution in [2.24, 2.45) is 0 Å². The van der Waals surface area contributed by atoms with Gasteiger partial charge in [0.25, 0.3) is 0 Å². The van der Waals surface area contributed by atoms with E-state index in [-0.39, 0.29) is 0 Å². The summed E-state index contributed by atoms with van der Waals surface area (Å²) in [6, 6.07) is 3.81. The monoisotopic (exact) mass is 342 g/mol. The number of aryl methyl sites for hydroxylation is 1. The highest BCUT2D eigenvalue weighted by molar-refractivity contribution is 7.22. The number of amides is 1. The van der Waals surface area contributed by atoms with Crippen molar-refractivity contribution >= 4 is 39.2 Å². The maximum atomic E-state index is 11.5. The van der Waals surface area contributed by atoms with Crippen LogP contribution in [0.2, 0.25) is 4.47 Å². The molecule has 0 atom stereocenters. The molecule has 1 heterocycles. The van der Waals surface area contributed by atoms with Crippen LogP contribution in [0.4, 0.5) is 4.79 Å². The van der Waals surface area contributed by atoms with Crippen LogP contribution in [0.3, 0.4) is 0 Å². The molecule has 0 aliphatic heterocycles. The predicted molar refractivity (Wildman–Crippen MR) is 89.1 cm³/mol. The molecular weight excluding hydrogens is 324 g/mol. The van der Waals surface area contributed by atoms with Crippen molar-refractivity contribution in [2.45, 2.75) is 33.3 Å². The van der Waals surface area contributed by atoms with E-state index in [2.05, 4.69) is 10.3 Å². The van der Waals surface area contributed by atoms with E-state index in [4.69, 9.17) is 21.1 Å². The van der Waals surface area contributed by atoms with Crippen molar-refractivity contribution in [2.75, 3.05) is 13.2 Å². The van der Waals surface area contributed by atoms with Crippen molar-refractivity contribution in [1.82, 2.24) is 10.3 Å². The number of thiazole rings is 1. The lowest BCUT2D eigenvalue weighted by atomic mass is 10.2. The molecule has 2 rings (SSSR count). The van der Waals surface area contributed by atoms with Crippen LogP contribution in [0.1, 0.15) is 26.3 Å². The van der Waals surface area contributed by atoms with Crippen LogP contribution in [0.5, 0.6) is 5.75 Å². The molecule has 0 saturated heterocycles. The van der Waals surface area contributed by atoms with Gasteiger partial charge in [-0.25, -0.2) is 9.78 Å². The van der Waals surface area contributed by atoms with E-state index < -0.39 is 11.7 Å². The number of hydrogen-bond donors (Lipinski definition) is 1. The first-order chi connectivity index (χ1) is 10.2. The Kier molecular flexibility index (Phi) is 5.13. The minimum Gasteiger partial charge on any atom is -0.492 e. The number of carbonyl (C=O) groups is 1. The number of nitrogens with zero attached hydrogens (tertiary/aromatic N) is 1. The van der Waals surface area contributed by atoms with Crippen LogP contribution in [0, 0.1) is 6.92 Å². The van der Waals surface area contributed by atoms with Crippen LogP contribution < -0.4 is 10.1 Å². The predicted octanol–water partition coefficient (Wildman–Crippen LogP) is 4.16. The third kappa shape index (κ3) is 4.74. The molecule has 7 heteroatoms. The molecule has 1 aromatic carbocycles. The zero-order chi connectivity index (χ0) is 16.3. The minimum absolute atomic E-state index is 0.358. The summed E-state index contributed by atoms with van der Waals surface area (Å²) in [5.74, 6) is 0.733. The van der Waals surface area contributed by atoms with Gasteiger partial charge in [0.05, 0.1) is 16.8 Å². The zero-order valence-electron chi connectivity index (χ0n) is 13.0. The smallest absolute Gasteiger partial charge is 0.407 e. The van der Waals surface area contributed by atoms with Crippen molar-refractivity contribution in [3.8, 4) is 5.75 Å². The van der Waals surface area contributed by atoms with Gasteiger partial charge in [-0.2, -0.15) is 0 Å². The summed E-state index contributed by atoms with van der Waals surface area (Å²) in [7, 11) is 0. The van der Waals surface area contributed by atoms with E-state index in [1.807, 2.05) is 39.8 Å². The fourth-order valence-corrected chi connectivity index (χ4v) is 2.99. The molecule has 0 bridgehead atoms. The van der Waals surface area contributed by atoms with E-state index in [1.165, 1.54) is 11.3 Å². The van der Waals surface area contributed by atoms with Crippen LogP contribution in [-0.4, -0.2) is 29.8 Å². The van der Waals surface area contributed by atoms with E-state index >= 15 is 0 Å². The Morgan fingerprint density at radius 1 is 1.41 bits per heavy atom. The van der Waals surface area contributed by atoms with Crippen LogP contribution in [0.15, 0.2) is 12.1 Å². The quantitative estimate of drug-likeness (QED) is 0.847. The van der Waals surface area contributed by atoms with Gasteiger partial charge in [0, 0.05) is 0 Å². The zero-order valence-corrected chi connectivity index (χ0v) is 14.6. The maximum absolute atomic E-state index is 11.5. The highest BCUT2D eigenvalue weighted by Gasteiger charge is 2.15. The normalized spacial score (nSPS) is 11.5. The molecule has 0 spiro atoms. The number of fused-ring (bicyclic) bond motifs is 1. The fraction of sp³-hybridized carbons (Fsp3) is 0.467. The average Bonchev–Trinajstić information content (AvgIpc) is 2.74. The van der Waals surface area contributed by atoms with Gasteiger partial charge in [-0.05, 0) is 45.4 Å². The summed E-state index contributed by atoms with van der Waals surface area (Å²) >= 11 is 7.34. The van der Waals surface area contributed by atoms with E-state index in [0.717, 1.165) is 21.5 Å². The second-order valence-electron chi connectivity index (χ2n) is 5.83. The van der Waals surface area contributed by atoms with E-state index in [0.29, 0.717) is 17.6 Å². The molecular formula is C15H19ClN2O3S. The molecule has 5 nitrogen and oxygen atoms in total. The Morgan fingerprint density at radius 3 is 2.82 bits per heavy atom. The number of alkyl carbamates (subject to hydrolysis) is 1. The van der Waals surface area contributed by atoms with Crippen LogP contribution >= 0.6 is 22.9 Å². The molecule has 0 aliphatic carbocycles. The lowest BCUT2D eigenvalue weighted by molar-refractivity contribution is 0.0520. The van der Waals surface area contributed by atoms with Crippen molar-refractivity contribution in [3.63, 3.8) is 0 Å². The molecule has 22 heavy (non-hydrogen) atoms. The van der Waals surface area contributed by atoms with E-state index in [1.54, 1.807) is 0 Å². The molecule has 120 valence electrons. The van der Waals surface area contributed by atoms with Gasteiger partial charge in [0.1, 0.15) is 18.0 Å². The van der Waals surface area contributed by atoms with Gasteiger partial charge in [-0.3, -0.25) is 0 Å². The number of rotatable bonds is 4. The molecule has 1 aromatic heterocycles. The Balaban J connectivity index is 1.86. The topological polar surface area (TPSA) is 60.5 Å². The van der Waals surface area contributed by atoms with Gasteiger partial charge in [-0.1, -0.05) is 11.6 Å². The fourth-order valence-electron chi connectivity index (χ4n) is 1.86. The van der Waals surface area contributed by atoms with Gasteiger partial charge < -0.3 is 14.8 Å². The molecule has 1 N–H and O–H groups in total. The highest BCUT2D eigenvalue weighted by Crippen LogP contribution is 2.31. The third-order valence-corrected chi connectivity index (χ3v) is 3.78. The SMILES string of the molecule is Cc1cc(OCCNC(=O)OC(C)(C)C)cc2sc(Cl)nc12. The lowest BCUT2D eigenvalue weighted by Gasteiger charge is -2.19. The third-order valence-electron chi connectivity index (χ3n) is 2.67. The van der Waals surface area contributed by atoms with Gasteiger partial charge in [0.15, 0.2) is 4.47 Å². The Bertz CT molecular complexity index is 679. The van der Waals surface area contributed by atoms with Gasteiger partial charge >= 0.3 is 6.09 Å². The maximum Gasteiger partial charge on any atom is 0.407 e. The number of nitrogens with one attached hydrogen (secondary N) is 1. The van der Waals surface area contributed by atoms with Crippen LogP contribution in [0.25, 0.3) is 10.2 Å². The van der Waals surface area contributed by atoms with Gasteiger partial charge in [0.2, 0.25) is 0 Å². The molecule has 1 amide bonds. The average molecular weight is 343 g/mol. The summed E-state index contributed by atoms with van der Waals surface area (Å²) in [6.07, 6.45) is -0.447. The van der Waals surface area contributed by atoms with Crippen molar-refractivity contribution < 1.29 is 14.3 Å². The standard InChI is InChI=1S/C15H19ClN2O3S/c1-9-7-10(8-11-12(9)18-13(16)22-11)20-6-5-17-14(19)21-15(2,3)4/h7-8H,5-6H2,1-4H3,(H,17,19). The first kappa shape index (κ1) is 16.8. The molecule has 0 unspecified atom stereocenters. The summed E-state index contributed by atoms with van der Waals surface area (Å²) in [5.41, 5.74) is 1.41. The molecule has 0 fully saturated rings. The number of hydrogen-bond acceptors (Lipinski definition) is 5. The second kappa shape index (κ2) is 6.71. The largest absolute Gasteiger partial charge is 0.492 e. The highest BCUT2D eigenvalue weighted by atomic mass is 35.5. The first-order valence-corrected chi connectivity index (χ1v) is 8.10. The molecule has 0 saturated carbocycles. The Labute approximate surface area is 138 Å². The summed E-state index contributed by atoms with van der Waals surface area (Å²) in [5, 5.41) is 2.65. The van der Waals surface area contributed by atoms with Crippen LogP contribution in [-0.2, 0) is 4.74 Å². The number of benzene rings is 1. The minimum atomic E-state index is -0.501. The Hall–Kier alpha value is -1.53. The first-order valence-electron chi connectivity index (χ1n) is 6.91. The number of carbonyl (C=O) groups excluding carboxylic acids is 1. The Morgan fingerprint density at radius 2 is 2.14 bits per heavy atom. The number of ether oxygens (including phenoxy) is 2. The lowest BCUT2D eigenvalue weighted by Crippen LogP contribution is -2.34. The number of aromatic nitrogens is 1. The summed E-state index contributed by atoms with van der Waals surface area (Å²) < 4.78 is 12.3. The van der Waals surface area contributed by atoms with Crippen molar-refractivity contribution in [3.05, 3.63) is 22.2 Å². The van der Waals surface area contributed by atoms with Crippen molar-refractivity contribution in [1.29, 1.82) is 0 Å².